The quantitative estimate of drug-likeness (QED) is 0.714. The lowest BCUT2D eigenvalue weighted by molar-refractivity contribution is -0.139. The summed E-state index contributed by atoms with van der Waals surface area (Å²) in [6.07, 6.45) is 0. The number of carboxylic acid groups (broad SMARTS) is 1. The number of rotatable bonds is 4. The average Bonchev–Trinajstić information content (AvgIpc) is 2.47. The van der Waals surface area contributed by atoms with Crippen molar-refractivity contribution >= 4 is 5.97 Å². The lowest BCUT2D eigenvalue weighted by atomic mass is 10.3. The average molecular weight is 184 g/mol. The maximum atomic E-state index is 10.4. The Morgan fingerprint density at radius 2 is 2.54 bits per heavy atom. The van der Waals surface area contributed by atoms with E-state index in [9.17, 15) is 4.79 Å². The molecule has 0 radical (unpaired) electrons. The van der Waals surface area contributed by atoms with E-state index in [4.69, 9.17) is 9.63 Å². The van der Waals surface area contributed by atoms with E-state index in [0.717, 1.165) is 5.76 Å². The Balaban J connectivity index is 2.39. The molecule has 5 nitrogen and oxygen atoms in total. The van der Waals surface area contributed by atoms with Crippen molar-refractivity contribution in [1.82, 2.24) is 10.5 Å². The Bertz CT molecular complexity index is 295. The Labute approximate surface area is 75.7 Å². The first-order valence-corrected chi connectivity index (χ1v) is 3.98. The van der Waals surface area contributed by atoms with E-state index in [1.165, 1.54) is 0 Å². The summed E-state index contributed by atoms with van der Waals surface area (Å²) in [5, 5.41) is 15.1. The molecule has 0 fully saturated rings. The second-order valence-electron chi connectivity index (χ2n) is 2.87. The van der Waals surface area contributed by atoms with Gasteiger partial charge in [-0.25, -0.2) is 0 Å². The molecule has 1 rings (SSSR count). The van der Waals surface area contributed by atoms with Crippen LogP contribution in [0.4, 0.5) is 0 Å². The zero-order valence-corrected chi connectivity index (χ0v) is 7.57. The van der Waals surface area contributed by atoms with Crippen LogP contribution < -0.4 is 5.32 Å². The molecular formula is C8H12N2O3. The number of nitrogens with zero attached hydrogens (tertiary/aromatic N) is 1. The number of aromatic nitrogens is 1. The van der Waals surface area contributed by atoms with Gasteiger partial charge in [0, 0.05) is 12.6 Å². The van der Waals surface area contributed by atoms with Crippen molar-refractivity contribution in [3.8, 4) is 0 Å². The topological polar surface area (TPSA) is 75.4 Å². The van der Waals surface area contributed by atoms with Gasteiger partial charge >= 0.3 is 5.97 Å². The number of aryl methyl sites for hydroxylation is 1. The fraction of sp³-hybridized carbons (Fsp3) is 0.500. The van der Waals surface area contributed by atoms with E-state index in [0.29, 0.717) is 12.2 Å². The molecule has 0 spiro atoms. The van der Waals surface area contributed by atoms with Crippen molar-refractivity contribution in [3.05, 3.63) is 17.5 Å². The van der Waals surface area contributed by atoms with Crippen molar-refractivity contribution in [3.63, 3.8) is 0 Å². The number of carbonyl (C=O) groups is 1. The van der Waals surface area contributed by atoms with Gasteiger partial charge in [0.05, 0.1) is 5.69 Å². The van der Waals surface area contributed by atoms with Crippen LogP contribution in [-0.2, 0) is 11.3 Å². The molecule has 0 aromatic carbocycles. The summed E-state index contributed by atoms with van der Waals surface area (Å²) in [5.41, 5.74) is 0.714. The van der Waals surface area contributed by atoms with Crippen molar-refractivity contribution in [2.24, 2.45) is 0 Å². The first-order valence-electron chi connectivity index (χ1n) is 3.98. The van der Waals surface area contributed by atoms with Gasteiger partial charge in [-0.1, -0.05) is 5.16 Å². The summed E-state index contributed by atoms with van der Waals surface area (Å²) in [7, 11) is 0. The maximum absolute atomic E-state index is 10.4. The van der Waals surface area contributed by atoms with Crippen LogP contribution >= 0.6 is 0 Å². The Kier molecular flexibility index (Phi) is 3.02. The highest BCUT2D eigenvalue weighted by Crippen LogP contribution is 2.00. The molecule has 0 saturated heterocycles. The predicted octanol–water partition coefficient (Wildman–Crippen LogP) is 0.546. The van der Waals surface area contributed by atoms with Crippen LogP contribution in [0.5, 0.6) is 0 Å². The number of nitrogens with one attached hydrogen (secondary N) is 1. The number of hydrogen-bond donors (Lipinski definition) is 2. The molecule has 1 aromatic rings. The largest absolute Gasteiger partial charge is 0.480 e. The van der Waals surface area contributed by atoms with Crippen molar-refractivity contribution in [1.29, 1.82) is 0 Å². The summed E-state index contributed by atoms with van der Waals surface area (Å²) in [6.45, 7) is 3.78. The minimum Gasteiger partial charge on any atom is -0.480 e. The number of hydrogen-bond acceptors (Lipinski definition) is 4. The Hall–Kier alpha value is -1.36. The van der Waals surface area contributed by atoms with Gasteiger partial charge in [0.1, 0.15) is 11.8 Å². The van der Waals surface area contributed by atoms with Crippen molar-refractivity contribution in [2.75, 3.05) is 0 Å². The maximum Gasteiger partial charge on any atom is 0.320 e. The third-order valence-corrected chi connectivity index (χ3v) is 1.64. The first kappa shape index (κ1) is 9.73. The molecule has 0 aliphatic rings. The smallest absolute Gasteiger partial charge is 0.320 e. The lowest BCUT2D eigenvalue weighted by Gasteiger charge is -2.05. The fourth-order valence-corrected chi connectivity index (χ4v) is 0.846. The molecule has 0 bridgehead atoms. The molecule has 1 atom stereocenters. The van der Waals surface area contributed by atoms with E-state index in [1.54, 1.807) is 19.9 Å². The van der Waals surface area contributed by atoms with Crippen LogP contribution in [0.3, 0.4) is 0 Å². The molecule has 5 heteroatoms. The summed E-state index contributed by atoms with van der Waals surface area (Å²) >= 11 is 0. The Morgan fingerprint density at radius 1 is 1.85 bits per heavy atom. The summed E-state index contributed by atoms with van der Waals surface area (Å²) in [5.74, 6) is -0.153. The molecule has 0 amide bonds. The van der Waals surface area contributed by atoms with Gasteiger partial charge in [-0.2, -0.15) is 0 Å². The molecule has 2 N–H and O–H groups in total. The van der Waals surface area contributed by atoms with Crippen LogP contribution in [0.2, 0.25) is 0 Å². The van der Waals surface area contributed by atoms with E-state index < -0.39 is 12.0 Å². The van der Waals surface area contributed by atoms with Crippen molar-refractivity contribution in [2.45, 2.75) is 26.4 Å². The molecule has 13 heavy (non-hydrogen) atoms. The number of aliphatic carboxylic acids is 1. The molecule has 1 aromatic heterocycles. The molecule has 0 aliphatic carbocycles. The third kappa shape index (κ3) is 2.87. The minimum absolute atomic E-state index is 0.408. The first-order chi connectivity index (χ1) is 6.09. The SMILES string of the molecule is Cc1cc(CN[C@@H](C)C(=O)O)no1. The van der Waals surface area contributed by atoms with Crippen LogP contribution in [0.1, 0.15) is 18.4 Å². The van der Waals surface area contributed by atoms with E-state index in [1.807, 2.05) is 0 Å². The van der Waals surface area contributed by atoms with Gasteiger partial charge in [-0.15, -0.1) is 0 Å². The molecule has 1 heterocycles. The van der Waals surface area contributed by atoms with Gasteiger partial charge in [-0.05, 0) is 13.8 Å². The highest BCUT2D eigenvalue weighted by Gasteiger charge is 2.10. The monoisotopic (exact) mass is 184 g/mol. The van der Waals surface area contributed by atoms with Gasteiger partial charge in [0.25, 0.3) is 0 Å². The van der Waals surface area contributed by atoms with E-state index >= 15 is 0 Å². The fourth-order valence-electron chi connectivity index (χ4n) is 0.846. The van der Waals surface area contributed by atoms with Gasteiger partial charge in [-0.3, -0.25) is 10.1 Å². The standard InChI is InChI=1S/C8H12N2O3/c1-5-3-7(10-13-5)4-9-6(2)8(11)12/h3,6,9H,4H2,1-2H3,(H,11,12)/t6-/m0/s1. The van der Waals surface area contributed by atoms with E-state index in [-0.39, 0.29) is 0 Å². The zero-order valence-electron chi connectivity index (χ0n) is 7.57. The third-order valence-electron chi connectivity index (χ3n) is 1.64. The molecule has 0 unspecified atom stereocenters. The molecular weight excluding hydrogens is 172 g/mol. The number of carboxylic acids is 1. The summed E-state index contributed by atoms with van der Waals surface area (Å²) < 4.78 is 4.82. The zero-order chi connectivity index (χ0) is 9.84. The molecule has 0 saturated carbocycles. The van der Waals surface area contributed by atoms with Crippen LogP contribution in [0.25, 0.3) is 0 Å². The van der Waals surface area contributed by atoms with Gasteiger partial charge < -0.3 is 9.63 Å². The highest BCUT2D eigenvalue weighted by atomic mass is 16.5. The lowest BCUT2D eigenvalue weighted by Crippen LogP contribution is -2.33. The Morgan fingerprint density at radius 3 is 3.00 bits per heavy atom. The van der Waals surface area contributed by atoms with Crippen LogP contribution in [0.15, 0.2) is 10.6 Å². The molecule has 0 aliphatic heterocycles. The van der Waals surface area contributed by atoms with Gasteiger partial charge in [0.2, 0.25) is 0 Å². The van der Waals surface area contributed by atoms with Crippen LogP contribution in [-0.4, -0.2) is 22.3 Å². The van der Waals surface area contributed by atoms with Crippen molar-refractivity contribution < 1.29 is 14.4 Å². The second kappa shape index (κ2) is 4.04. The second-order valence-corrected chi connectivity index (χ2v) is 2.87. The normalized spacial score (nSPS) is 12.8. The summed E-state index contributed by atoms with van der Waals surface area (Å²) in [6, 6.07) is 1.19. The summed E-state index contributed by atoms with van der Waals surface area (Å²) in [4.78, 5) is 10.4. The van der Waals surface area contributed by atoms with Crippen LogP contribution in [0, 0.1) is 6.92 Å². The van der Waals surface area contributed by atoms with E-state index in [2.05, 4.69) is 10.5 Å². The predicted molar refractivity (Wildman–Crippen MR) is 45.2 cm³/mol. The van der Waals surface area contributed by atoms with Gasteiger partial charge in [0.15, 0.2) is 0 Å². The molecule has 72 valence electrons. The minimum atomic E-state index is -0.875. The highest BCUT2D eigenvalue weighted by molar-refractivity contribution is 5.72.